The number of thiazole rings is 1. The maximum atomic E-state index is 12.3. The Morgan fingerprint density at radius 2 is 2.04 bits per heavy atom. The van der Waals surface area contributed by atoms with E-state index in [9.17, 15) is 4.79 Å². The average Bonchev–Trinajstić information content (AvgIpc) is 3.12. The number of aromatic nitrogens is 2. The maximum absolute atomic E-state index is 12.3. The fourth-order valence-electron chi connectivity index (χ4n) is 2.06. The normalized spacial score (nSPS) is 10.1. The van der Waals surface area contributed by atoms with E-state index in [0.717, 1.165) is 17.0 Å². The quantitative estimate of drug-likeness (QED) is 0.268. The van der Waals surface area contributed by atoms with Crippen LogP contribution in [0.1, 0.15) is 11.8 Å². The number of benzene rings is 1. The Balaban J connectivity index is 0.00000243. The van der Waals surface area contributed by atoms with Gasteiger partial charge in [-0.3, -0.25) is 20.5 Å². The molecule has 8 nitrogen and oxygen atoms in total. The number of pyridine rings is 1. The summed E-state index contributed by atoms with van der Waals surface area (Å²) in [5.74, 6) is -0.294. The molecular formula is C16H15N7OS. The van der Waals surface area contributed by atoms with Crippen LogP contribution in [0.25, 0.3) is 11.4 Å². The van der Waals surface area contributed by atoms with E-state index in [1.807, 2.05) is 23.6 Å². The van der Waals surface area contributed by atoms with Crippen LogP contribution in [0.3, 0.4) is 0 Å². The van der Waals surface area contributed by atoms with Crippen LogP contribution < -0.4 is 10.3 Å². The summed E-state index contributed by atoms with van der Waals surface area (Å²) in [6, 6.07) is 12.0. The first-order valence-corrected chi connectivity index (χ1v) is 8.05. The summed E-state index contributed by atoms with van der Waals surface area (Å²) in [6.07, 6.45) is 2.60. The highest BCUT2D eigenvalue weighted by molar-refractivity contribution is 7.14. The predicted octanol–water partition coefficient (Wildman–Crippen LogP) is 4.06. The Morgan fingerprint density at radius 3 is 2.68 bits per heavy atom. The van der Waals surface area contributed by atoms with Crippen molar-refractivity contribution in [3.63, 3.8) is 0 Å². The van der Waals surface area contributed by atoms with Gasteiger partial charge < -0.3 is 0 Å². The molecule has 1 amide bonds. The monoisotopic (exact) mass is 353 g/mol. The molecule has 0 unspecified atom stereocenters. The Morgan fingerprint density at radius 1 is 1.24 bits per heavy atom. The van der Waals surface area contributed by atoms with Gasteiger partial charge in [0.15, 0.2) is 5.13 Å². The molecule has 25 heavy (non-hydrogen) atoms. The molecule has 0 atom stereocenters. The van der Waals surface area contributed by atoms with E-state index in [0.29, 0.717) is 22.1 Å². The van der Waals surface area contributed by atoms with Crippen molar-refractivity contribution in [2.75, 3.05) is 10.3 Å². The standard InChI is InChI=1S/C16H13N7OS.H2/c17-10-23(22-18)12-6-4-11(5-7-12)15(24)21-16-20-14(9-25-16)13-3-1-2-8-19-13;/h1-10,17-18H,(H,20,21,24);1H. The van der Waals surface area contributed by atoms with Crippen molar-refractivity contribution >= 4 is 34.4 Å². The topological polar surface area (TPSA) is 118 Å². The van der Waals surface area contributed by atoms with Gasteiger partial charge in [-0.2, -0.15) is 5.53 Å². The molecule has 3 rings (SSSR count). The average molecular weight is 353 g/mol. The van der Waals surface area contributed by atoms with Crippen LogP contribution >= 0.6 is 11.3 Å². The van der Waals surface area contributed by atoms with Crippen LogP contribution in [0.4, 0.5) is 10.8 Å². The second kappa shape index (κ2) is 7.41. The highest BCUT2D eigenvalue weighted by atomic mass is 32.1. The molecule has 0 saturated carbocycles. The van der Waals surface area contributed by atoms with Gasteiger partial charge in [0.2, 0.25) is 0 Å². The van der Waals surface area contributed by atoms with E-state index in [1.54, 1.807) is 30.5 Å². The van der Waals surface area contributed by atoms with Crippen molar-refractivity contribution in [2.45, 2.75) is 0 Å². The predicted molar refractivity (Wildman–Crippen MR) is 98.3 cm³/mol. The number of anilines is 2. The lowest BCUT2D eigenvalue weighted by atomic mass is 10.2. The fraction of sp³-hybridized carbons (Fsp3) is 0. The Kier molecular flexibility index (Phi) is 4.86. The molecule has 3 aromatic rings. The smallest absolute Gasteiger partial charge is 0.257 e. The van der Waals surface area contributed by atoms with E-state index in [-0.39, 0.29) is 7.33 Å². The first-order valence-electron chi connectivity index (χ1n) is 7.17. The summed E-state index contributed by atoms with van der Waals surface area (Å²) >= 11 is 1.32. The van der Waals surface area contributed by atoms with Gasteiger partial charge in [0.25, 0.3) is 5.91 Å². The third kappa shape index (κ3) is 3.72. The molecule has 0 aliphatic rings. The second-order valence-electron chi connectivity index (χ2n) is 4.83. The van der Waals surface area contributed by atoms with Crippen LogP contribution in [-0.2, 0) is 0 Å². The van der Waals surface area contributed by atoms with Crippen LogP contribution in [0, 0.1) is 10.9 Å². The number of hydrogen-bond donors (Lipinski definition) is 3. The molecule has 0 saturated heterocycles. The third-order valence-corrected chi connectivity index (χ3v) is 4.03. The van der Waals surface area contributed by atoms with Crippen molar-refractivity contribution in [2.24, 2.45) is 5.22 Å². The molecule has 0 spiro atoms. The number of carbonyl (C=O) groups excluding carboxylic acids is 1. The van der Waals surface area contributed by atoms with Gasteiger partial charge in [0, 0.05) is 18.6 Å². The number of nitrogens with zero attached hydrogens (tertiary/aromatic N) is 4. The highest BCUT2D eigenvalue weighted by Gasteiger charge is 2.11. The number of rotatable bonds is 6. The van der Waals surface area contributed by atoms with Gasteiger partial charge in [-0.25, -0.2) is 9.99 Å². The van der Waals surface area contributed by atoms with Gasteiger partial charge in [0.1, 0.15) is 12.0 Å². The van der Waals surface area contributed by atoms with Crippen molar-refractivity contribution in [3.05, 3.63) is 59.6 Å². The van der Waals surface area contributed by atoms with Gasteiger partial charge in [-0.05, 0) is 36.4 Å². The van der Waals surface area contributed by atoms with Crippen molar-refractivity contribution in [1.29, 1.82) is 10.9 Å². The second-order valence-corrected chi connectivity index (χ2v) is 5.69. The molecule has 2 aromatic heterocycles. The summed E-state index contributed by atoms with van der Waals surface area (Å²) in [7, 11) is 0. The Bertz CT molecular complexity index is 890. The first-order chi connectivity index (χ1) is 12.2. The zero-order valence-electron chi connectivity index (χ0n) is 12.9. The molecule has 0 fully saturated rings. The minimum atomic E-state index is -0.294. The summed E-state index contributed by atoms with van der Waals surface area (Å²) in [5, 5.41) is 16.5. The zero-order valence-corrected chi connectivity index (χ0v) is 13.7. The molecule has 2 heterocycles. The lowest BCUT2D eigenvalue weighted by molar-refractivity contribution is 0.102. The van der Waals surface area contributed by atoms with Crippen LogP contribution in [0.2, 0.25) is 0 Å². The minimum Gasteiger partial charge on any atom is -0.298 e. The largest absolute Gasteiger partial charge is 0.298 e. The Hall–Kier alpha value is -3.46. The molecule has 0 radical (unpaired) electrons. The van der Waals surface area contributed by atoms with E-state index < -0.39 is 0 Å². The van der Waals surface area contributed by atoms with Crippen LogP contribution in [-0.4, -0.2) is 22.2 Å². The maximum Gasteiger partial charge on any atom is 0.257 e. The summed E-state index contributed by atoms with van der Waals surface area (Å²) < 4.78 is 0. The highest BCUT2D eigenvalue weighted by Crippen LogP contribution is 2.24. The van der Waals surface area contributed by atoms with Crippen molar-refractivity contribution < 1.29 is 6.22 Å². The van der Waals surface area contributed by atoms with E-state index in [1.165, 1.54) is 11.3 Å². The minimum absolute atomic E-state index is 0. The summed E-state index contributed by atoms with van der Waals surface area (Å²) in [4.78, 5) is 20.9. The molecule has 0 bridgehead atoms. The van der Waals surface area contributed by atoms with E-state index in [2.05, 4.69) is 20.5 Å². The number of carbonyl (C=O) groups is 1. The lowest BCUT2D eigenvalue weighted by Gasteiger charge is -2.10. The van der Waals surface area contributed by atoms with Gasteiger partial charge in [0.05, 0.1) is 11.4 Å². The first kappa shape index (κ1) is 16.4. The molecule has 9 heteroatoms. The zero-order chi connectivity index (χ0) is 17.6. The van der Waals surface area contributed by atoms with Crippen LogP contribution in [0.15, 0.2) is 59.3 Å². The Labute approximate surface area is 148 Å². The van der Waals surface area contributed by atoms with E-state index in [4.69, 9.17) is 10.9 Å². The molecule has 1 aromatic carbocycles. The number of hydrogen-bond acceptors (Lipinski definition) is 7. The lowest BCUT2D eigenvalue weighted by Crippen LogP contribution is -2.13. The number of amides is 1. The molecule has 3 N–H and O–H groups in total. The fourth-order valence-corrected chi connectivity index (χ4v) is 2.76. The van der Waals surface area contributed by atoms with Crippen molar-refractivity contribution in [1.82, 2.24) is 9.97 Å². The number of nitrogens with one attached hydrogen (secondary N) is 3. The summed E-state index contributed by atoms with van der Waals surface area (Å²) in [6.45, 7) is 0. The molecular weight excluding hydrogens is 338 g/mol. The van der Waals surface area contributed by atoms with E-state index >= 15 is 0 Å². The van der Waals surface area contributed by atoms with Crippen LogP contribution in [0.5, 0.6) is 0 Å². The van der Waals surface area contributed by atoms with Gasteiger partial charge >= 0.3 is 0 Å². The third-order valence-electron chi connectivity index (χ3n) is 3.28. The molecule has 0 aliphatic carbocycles. The van der Waals surface area contributed by atoms with Gasteiger partial charge in [-0.1, -0.05) is 11.3 Å². The molecule has 126 valence electrons. The van der Waals surface area contributed by atoms with Gasteiger partial charge in [-0.15, -0.1) is 11.3 Å². The molecule has 0 aliphatic heterocycles. The van der Waals surface area contributed by atoms with Crippen molar-refractivity contribution in [3.8, 4) is 11.4 Å². The summed E-state index contributed by atoms with van der Waals surface area (Å²) in [5.41, 5.74) is 9.37. The SMILES string of the molecule is N=CN(N=N)c1ccc(C(=O)Nc2nc(-c3ccccn3)cs2)cc1.[HH].